The third kappa shape index (κ3) is 22.2. The summed E-state index contributed by atoms with van der Waals surface area (Å²) in [5.41, 5.74) is 0. The van der Waals surface area contributed by atoms with Crippen LogP contribution in [0.1, 0.15) is 142 Å². The molecule has 0 aliphatic carbocycles. The van der Waals surface area contributed by atoms with Crippen LogP contribution < -0.4 is 0 Å². The monoisotopic (exact) mass is 708 g/mol. The highest BCUT2D eigenvalue weighted by Gasteiger charge is 2.46. The second-order valence-electron chi connectivity index (χ2n) is 12.9. The molecule has 1 saturated heterocycles. The van der Waals surface area contributed by atoms with Gasteiger partial charge in [0.15, 0.2) is 12.4 Å². The average Bonchev–Trinajstić information content (AvgIpc) is 3.04. The molecule has 0 spiro atoms. The molecule has 13 heteroatoms. The lowest BCUT2D eigenvalue weighted by molar-refractivity contribution is -0.297. The van der Waals surface area contributed by atoms with Crippen LogP contribution in [0.5, 0.6) is 0 Å². The number of ether oxygens (including phenoxy) is 4. The van der Waals surface area contributed by atoms with Gasteiger partial charge >= 0.3 is 11.9 Å². The summed E-state index contributed by atoms with van der Waals surface area (Å²) in [5.74, 6) is -2.01. The lowest BCUT2D eigenvalue weighted by Gasteiger charge is -2.40. The van der Waals surface area contributed by atoms with Crippen molar-refractivity contribution in [3.05, 3.63) is 12.2 Å². The molecule has 282 valence electrons. The third-order valence-corrected chi connectivity index (χ3v) is 9.10. The van der Waals surface area contributed by atoms with Gasteiger partial charge in [0.1, 0.15) is 36.8 Å². The molecule has 0 bridgehead atoms. The van der Waals surface area contributed by atoms with Crippen LogP contribution in [0.25, 0.3) is 0 Å². The van der Waals surface area contributed by atoms with E-state index in [-0.39, 0.29) is 19.4 Å². The molecule has 48 heavy (non-hydrogen) atoms. The number of hydrogen-bond acceptors (Lipinski definition) is 11. The van der Waals surface area contributed by atoms with Crippen LogP contribution in [0.2, 0.25) is 0 Å². The number of rotatable bonds is 29. The van der Waals surface area contributed by atoms with Gasteiger partial charge in [0.25, 0.3) is 10.1 Å². The number of unbranched alkanes of at least 4 members (excludes halogenated alkanes) is 15. The first-order valence-corrected chi connectivity index (χ1v) is 19.9. The van der Waals surface area contributed by atoms with E-state index < -0.39 is 71.2 Å². The second kappa shape index (κ2) is 27.2. The molecule has 4 N–H and O–H groups in total. The van der Waals surface area contributed by atoms with Crippen LogP contribution in [-0.2, 0) is 38.7 Å². The zero-order valence-corrected chi connectivity index (χ0v) is 30.2. The molecule has 2 unspecified atom stereocenters. The third-order valence-electron chi connectivity index (χ3n) is 8.35. The Labute approximate surface area is 288 Å². The molecule has 1 heterocycles. The number of aliphatic hydroxyl groups is 3. The van der Waals surface area contributed by atoms with Gasteiger partial charge in [-0.2, -0.15) is 8.42 Å². The minimum absolute atomic E-state index is 0.162. The largest absolute Gasteiger partial charge is 0.462 e. The Bertz CT molecular complexity index is 973. The number of allylic oxidation sites excluding steroid dienone is 2. The van der Waals surface area contributed by atoms with Crippen molar-refractivity contribution in [2.45, 2.75) is 179 Å². The Morgan fingerprint density at radius 2 is 1.19 bits per heavy atom. The maximum absolute atomic E-state index is 12.6. The summed E-state index contributed by atoms with van der Waals surface area (Å²) in [6.07, 6.45) is 14.5. The van der Waals surface area contributed by atoms with E-state index in [1.54, 1.807) is 0 Å². The summed E-state index contributed by atoms with van der Waals surface area (Å²) in [4.78, 5) is 25.0. The molecular formula is C35H64O12S. The topological polar surface area (TPSA) is 186 Å². The minimum atomic E-state index is -4.59. The molecule has 0 saturated carbocycles. The smallest absolute Gasteiger partial charge is 0.306 e. The Balaban J connectivity index is 2.53. The lowest BCUT2D eigenvalue weighted by Crippen LogP contribution is -2.60. The fraction of sp³-hybridized carbons (Fsp3) is 0.886. The average molecular weight is 709 g/mol. The van der Waals surface area contributed by atoms with E-state index in [0.29, 0.717) is 12.8 Å². The van der Waals surface area contributed by atoms with Crippen LogP contribution in [0.3, 0.4) is 0 Å². The van der Waals surface area contributed by atoms with Gasteiger partial charge in [-0.15, -0.1) is 0 Å². The van der Waals surface area contributed by atoms with Gasteiger partial charge in [0, 0.05) is 12.8 Å². The Kier molecular flexibility index (Phi) is 25.1. The van der Waals surface area contributed by atoms with Crippen LogP contribution in [0.4, 0.5) is 0 Å². The molecule has 1 aliphatic rings. The molecule has 0 amide bonds. The molecule has 12 nitrogen and oxygen atoms in total. The second-order valence-corrected chi connectivity index (χ2v) is 14.4. The van der Waals surface area contributed by atoms with Crippen molar-refractivity contribution in [1.82, 2.24) is 0 Å². The number of hydrogen-bond donors (Lipinski definition) is 4. The summed E-state index contributed by atoms with van der Waals surface area (Å²) >= 11 is 0. The first-order valence-electron chi connectivity index (χ1n) is 18.2. The fourth-order valence-electron chi connectivity index (χ4n) is 5.43. The molecule has 0 radical (unpaired) electrons. The van der Waals surface area contributed by atoms with E-state index in [4.69, 9.17) is 23.5 Å². The van der Waals surface area contributed by atoms with Gasteiger partial charge in [0.2, 0.25) is 0 Å². The summed E-state index contributed by atoms with van der Waals surface area (Å²) in [5, 5.41) is 30.6. The van der Waals surface area contributed by atoms with Crippen molar-refractivity contribution in [1.29, 1.82) is 0 Å². The highest BCUT2D eigenvalue weighted by molar-refractivity contribution is 7.85. The first-order chi connectivity index (χ1) is 23.0. The Morgan fingerprint density at radius 1 is 0.688 bits per heavy atom. The maximum Gasteiger partial charge on any atom is 0.306 e. The highest BCUT2D eigenvalue weighted by atomic mass is 32.2. The Hall–Kier alpha value is -1.61. The summed E-state index contributed by atoms with van der Waals surface area (Å²) in [7, 11) is -4.59. The minimum Gasteiger partial charge on any atom is -0.462 e. The summed E-state index contributed by atoms with van der Waals surface area (Å²) in [6, 6.07) is 0. The van der Waals surface area contributed by atoms with E-state index in [0.717, 1.165) is 57.8 Å². The standard InChI is InChI=1S/C35H64O12S/c1-3-5-7-9-11-12-13-14-15-16-18-19-21-23-30(36)44-25-28(46-31(37)24-22-20-17-10-8-6-4-2)26-45-35-34(40)33(39)32(38)29(47-35)27-48(41,42)43/h14-15,28-29,32-35,38-40H,3-13,16-27H2,1-2H3,(H,41,42,43)/b15-14+/t28-,29+,32+,33?,34?,35-/m1/s1. The zero-order chi connectivity index (χ0) is 35.6. The van der Waals surface area contributed by atoms with Gasteiger partial charge in [0.05, 0.1) is 6.61 Å². The predicted octanol–water partition coefficient (Wildman–Crippen LogP) is 5.55. The predicted molar refractivity (Wildman–Crippen MR) is 183 cm³/mol. The molecule has 1 rings (SSSR count). The van der Waals surface area contributed by atoms with E-state index in [9.17, 15) is 33.3 Å². The molecule has 1 aliphatic heterocycles. The number of aliphatic hydroxyl groups excluding tert-OH is 3. The van der Waals surface area contributed by atoms with Gasteiger partial charge in [-0.1, -0.05) is 103 Å². The summed E-state index contributed by atoms with van der Waals surface area (Å²) < 4.78 is 53.5. The van der Waals surface area contributed by atoms with Gasteiger partial charge in [-0.3, -0.25) is 14.1 Å². The molecule has 0 aromatic heterocycles. The number of carbonyl (C=O) groups is 2. The molecule has 1 fully saturated rings. The number of carbonyl (C=O) groups excluding carboxylic acids is 2. The van der Waals surface area contributed by atoms with Crippen molar-refractivity contribution in [3.8, 4) is 0 Å². The van der Waals surface area contributed by atoms with E-state index in [1.807, 2.05) is 0 Å². The van der Waals surface area contributed by atoms with Crippen LogP contribution in [0.15, 0.2) is 12.2 Å². The van der Waals surface area contributed by atoms with E-state index in [1.165, 1.54) is 44.9 Å². The fourth-order valence-corrected chi connectivity index (χ4v) is 6.12. The van der Waals surface area contributed by atoms with Gasteiger partial charge in [-0.05, 0) is 38.5 Å². The zero-order valence-electron chi connectivity index (χ0n) is 29.3. The van der Waals surface area contributed by atoms with E-state index in [2.05, 4.69) is 26.0 Å². The molecular weight excluding hydrogens is 644 g/mol. The number of esters is 2. The quantitative estimate of drug-likeness (QED) is 0.0329. The normalized spacial score (nSPS) is 22.2. The molecule has 0 aromatic carbocycles. The van der Waals surface area contributed by atoms with E-state index >= 15 is 0 Å². The SMILES string of the molecule is CCCCCCCC/C=C/CCCCCC(=O)OC[C@H](CO[C@@H]1O[C@@H](CS(=O)(=O)O)[C@H](O)C(O)C1O)OC(=O)CCCCCCCCC. The van der Waals surface area contributed by atoms with Crippen molar-refractivity contribution >= 4 is 22.1 Å². The van der Waals surface area contributed by atoms with Crippen molar-refractivity contribution in [3.63, 3.8) is 0 Å². The maximum atomic E-state index is 12.6. The molecule has 0 aromatic rings. The lowest BCUT2D eigenvalue weighted by atomic mass is 10.00. The van der Waals surface area contributed by atoms with Crippen LogP contribution in [-0.4, -0.2) is 96.0 Å². The van der Waals surface area contributed by atoms with Crippen LogP contribution >= 0.6 is 0 Å². The summed E-state index contributed by atoms with van der Waals surface area (Å²) in [6.45, 7) is 3.64. The molecule has 6 atom stereocenters. The van der Waals surface area contributed by atoms with Crippen molar-refractivity contribution < 1.29 is 56.8 Å². The van der Waals surface area contributed by atoms with Crippen molar-refractivity contribution in [2.24, 2.45) is 0 Å². The highest BCUT2D eigenvalue weighted by Crippen LogP contribution is 2.24. The first kappa shape index (κ1) is 44.4. The van der Waals surface area contributed by atoms with Gasteiger partial charge < -0.3 is 34.3 Å². The van der Waals surface area contributed by atoms with Crippen LogP contribution in [0, 0.1) is 0 Å². The van der Waals surface area contributed by atoms with Gasteiger partial charge in [-0.25, -0.2) is 0 Å². The van der Waals surface area contributed by atoms with Crippen molar-refractivity contribution in [2.75, 3.05) is 19.0 Å². The Morgan fingerprint density at radius 3 is 1.75 bits per heavy atom.